The Balaban J connectivity index is 1.40. The molecule has 0 spiro atoms. The Morgan fingerprint density at radius 1 is 1.08 bits per heavy atom. The average Bonchev–Trinajstić information content (AvgIpc) is 2.67. The van der Waals surface area contributed by atoms with Gasteiger partial charge in [-0.3, -0.25) is 4.79 Å². The van der Waals surface area contributed by atoms with Gasteiger partial charge in [0.15, 0.2) is 0 Å². The topological polar surface area (TPSA) is 49.6 Å². The summed E-state index contributed by atoms with van der Waals surface area (Å²) in [5, 5.41) is 0. The van der Waals surface area contributed by atoms with Gasteiger partial charge in [0.2, 0.25) is 5.91 Å². The highest BCUT2D eigenvalue weighted by atomic mass is 16.2. The number of nitrogens with two attached hydrogens (primary N) is 1. The molecule has 1 aromatic carbocycles. The molecule has 2 aliphatic carbocycles. The number of hydrogen-bond donors (Lipinski definition) is 1. The van der Waals surface area contributed by atoms with Crippen molar-refractivity contribution in [1.29, 1.82) is 0 Å². The number of rotatable bonds is 3. The van der Waals surface area contributed by atoms with Crippen LogP contribution in [0, 0.1) is 17.8 Å². The van der Waals surface area contributed by atoms with Crippen LogP contribution in [0.3, 0.4) is 0 Å². The number of nitrogens with zero attached hydrogens (tertiary/aromatic N) is 2. The minimum absolute atomic E-state index is 0.196. The van der Waals surface area contributed by atoms with Crippen molar-refractivity contribution < 1.29 is 4.79 Å². The van der Waals surface area contributed by atoms with E-state index in [2.05, 4.69) is 40.1 Å². The minimum atomic E-state index is 0.196. The van der Waals surface area contributed by atoms with Crippen LogP contribution in [-0.4, -0.2) is 43.0 Å². The van der Waals surface area contributed by atoms with Gasteiger partial charge in [0.1, 0.15) is 0 Å². The van der Waals surface area contributed by atoms with Crippen molar-refractivity contribution in [2.45, 2.75) is 57.0 Å². The molecule has 1 aromatic rings. The van der Waals surface area contributed by atoms with Crippen molar-refractivity contribution in [2.75, 3.05) is 25.0 Å². The van der Waals surface area contributed by atoms with Crippen LogP contribution < -0.4 is 10.6 Å². The maximum atomic E-state index is 13.2. The number of fused-ring (bicyclic) bond motifs is 2. The quantitative estimate of drug-likeness (QED) is 0.905. The van der Waals surface area contributed by atoms with Gasteiger partial charge in [0.05, 0.1) is 0 Å². The number of carbonyl (C=O) groups is 1. The molecule has 2 saturated carbocycles. The Hall–Kier alpha value is -1.55. The monoisotopic (exact) mass is 355 g/mol. The van der Waals surface area contributed by atoms with Gasteiger partial charge in [-0.2, -0.15) is 0 Å². The third-order valence-corrected chi connectivity index (χ3v) is 7.18. The molecule has 3 unspecified atom stereocenters. The lowest BCUT2D eigenvalue weighted by molar-refractivity contribution is -0.139. The Labute approximate surface area is 157 Å². The summed E-state index contributed by atoms with van der Waals surface area (Å²) >= 11 is 0. The van der Waals surface area contributed by atoms with E-state index in [1.54, 1.807) is 0 Å². The minimum Gasteiger partial charge on any atom is -0.369 e. The van der Waals surface area contributed by atoms with Crippen LogP contribution in [0.2, 0.25) is 0 Å². The highest BCUT2D eigenvalue weighted by molar-refractivity contribution is 5.79. The summed E-state index contributed by atoms with van der Waals surface area (Å²) in [6, 6.07) is 11.3. The van der Waals surface area contributed by atoms with Crippen LogP contribution in [0.15, 0.2) is 30.3 Å². The molecule has 1 amide bonds. The number of hydrogen-bond acceptors (Lipinski definition) is 3. The van der Waals surface area contributed by atoms with Gasteiger partial charge in [-0.05, 0) is 62.5 Å². The zero-order chi connectivity index (χ0) is 18.1. The number of amides is 1. The third-order valence-electron chi connectivity index (χ3n) is 7.18. The molecule has 4 rings (SSSR count). The van der Waals surface area contributed by atoms with E-state index in [1.807, 2.05) is 7.05 Å². The molecule has 4 heteroatoms. The molecule has 0 aromatic heterocycles. The molecule has 1 aliphatic heterocycles. The van der Waals surface area contributed by atoms with E-state index < -0.39 is 0 Å². The maximum absolute atomic E-state index is 13.2. The third kappa shape index (κ3) is 3.48. The van der Waals surface area contributed by atoms with Crippen molar-refractivity contribution in [3.8, 4) is 0 Å². The summed E-state index contributed by atoms with van der Waals surface area (Å²) in [6.07, 6.45) is 8.02. The second kappa shape index (κ2) is 7.59. The highest BCUT2D eigenvalue weighted by Gasteiger charge is 2.42. The first-order chi connectivity index (χ1) is 12.6. The molecule has 0 radical (unpaired) electrons. The van der Waals surface area contributed by atoms with Gasteiger partial charge in [0, 0.05) is 43.8 Å². The van der Waals surface area contributed by atoms with Gasteiger partial charge in [-0.25, -0.2) is 0 Å². The zero-order valence-electron chi connectivity index (χ0n) is 16.0. The molecular weight excluding hydrogens is 322 g/mol. The number of carbonyl (C=O) groups excluding carboxylic acids is 1. The summed E-state index contributed by atoms with van der Waals surface area (Å²) in [6.45, 7) is 2.04. The van der Waals surface area contributed by atoms with E-state index in [-0.39, 0.29) is 5.92 Å². The summed E-state index contributed by atoms with van der Waals surface area (Å²) in [5.74, 6) is 1.70. The summed E-state index contributed by atoms with van der Waals surface area (Å²) < 4.78 is 0. The first kappa shape index (κ1) is 17.8. The molecule has 4 nitrogen and oxygen atoms in total. The molecule has 3 atom stereocenters. The predicted octanol–water partition coefficient (Wildman–Crippen LogP) is 3.27. The van der Waals surface area contributed by atoms with Crippen LogP contribution in [0.4, 0.5) is 5.69 Å². The molecule has 3 fully saturated rings. The van der Waals surface area contributed by atoms with E-state index in [1.165, 1.54) is 24.9 Å². The fourth-order valence-electron chi connectivity index (χ4n) is 5.60. The lowest BCUT2D eigenvalue weighted by atomic mass is 9.65. The van der Waals surface area contributed by atoms with Crippen LogP contribution >= 0.6 is 0 Å². The van der Waals surface area contributed by atoms with E-state index in [0.29, 0.717) is 29.8 Å². The predicted molar refractivity (Wildman–Crippen MR) is 106 cm³/mol. The molecular formula is C22H33N3O. The zero-order valence-corrected chi connectivity index (χ0v) is 16.0. The van der Waals surface area contributed by atoms with E-state index in [4.69, 9.17) is 5.73 Å². The molecule has 142 valence electrons. The number of anilines is 1. The second-order valence-electron chi connectivity index (χ2n) is 8.72. The van der Waals surface area contributed by atoms with E-state index >= 15 is 0 Å². The highest BCUT2D eigenvalue weighted by Crippen LogP contribution is 2.42. The largest absolute Gasteiger partial charge is 0.369 e. The van der Waals surface area contributed by atoms with Crippen LogP contribution in [0.5, 0.6) is 0 Å². The fraction of sp³-hybridized carbons (Fsp3) is 0.682. The first-order valence-corrected chi connectivity index (χ1v) is 10.5. The van der Waals surface area contributed by atoms with Gasteiger partial charge >= 0.3 is 0 Å². The van der Waals surface area contributed by atoms with Crippen molar-refractivity contribution in [3.05, 3.63) is 30.3 Å². The molecule has 2 bridgehead atoms. The lowest BCUT2D eigenvalue weighted by Crippen LogP contribution is -2.53. The normalized spacial score (nSPS) is 34.4. The number of piperidine rings is 1. The van der Waals surface area contributed by atoms with Crippen molar-refractivity contribution in [3.63, 3.8) is 0 Å². The van der Waals surface area contributed by atoms with Crippen LogP contribution in [0.25, 0.3) is 0 Å². The average molecular weight is 356 g/mol. The van der Waals surface area contributed by atoms with Crippen molar-refractivity contribution in [1.82, 2.24) is 4.90 Å². The number of para-hydroxylation sites is 1. The van der Waals surface area contributed by atoms with Crippen LogP contribution in [-0.2, 0) is 4.79 Å². The molecule has 26 heavy (non-hydrogen) atoms. The van der Waals surface area contributed by atoms with Crippen molar-refractivity contribution in [2.24, 2.45) is 23.5 Å². The lowest BCUT2D eigenvalue weighted by Gasteiger charge is -2.45. The first-order valence-electron chi connectivity index (χ1n) is 10.5. The number of benzene rings is 1. The Bertz CT molecular complexity index is 605. The molecule has 1 heterocycles. The van der Waals surface area contributed by atoms with Crippen molar-refractivity contribution >= 4 is 11.6 Å². The molecule has 1 saturated heterocycles. The second-order valence-corrected chi connectivity index (χ2v) is 8.72. The standard InChI is InChI=1S/C22H33N3O/c1-24(20-11-6-12-25(15-20)19-9-3-2-4-10-19)22(26)18-13-16-7-5-8-17(14-18)21(16)23/h2-4,9-10,16-18,20-21H,5-8,11-15,23H2,1H3. The Kier molecular flexibility index (Phi) is 5.21. The molecule has 2 N–H and O–H groups in total. The Morgan fingerprint density at radius 2 is 1.77 bits per heavy atom. The maximum Gasteiger partial charge on any atom is 0.225 e. The van der Waals surface area contributed by atoms with Crippen LogP contribution in [0.1, 0.15) is 44.9 Å². The summed E-state index contributed by atoms with van der Waals surface area (Å²) in [4.78, 5) is 17.8. The molecule has 3 aliphatic rings. The van der Waals surface area contributed by atoms with E-state index in [0.717, 1.165) is 38.8 Å². The van der Waals surface area contributed by atoms with Gasteiger partial charge in [0.25, 0.3) is 0 Å². The van der Waals surface area contributed by atoms with E-state index in [9.17, 15) is 4.79 Å². The smallest absolute Gasteiger partial charge is 0.225 e. The summed E-state index contributed by atoms with van der Waals surface area (Å²) in [5.41, 5.74) is 7.69. The fourth-order valence-corrected chi connectivity index (χ4v) is 5.60. The van der Waals surface area contributed by atoms with Gasteiger partial charge < -0.3 is 15.5 Å². The number of likely N-dealkylation sites (N-methyl/N-ethyl adjacent to an activating group) is 1. The van der Waals surface area contributed by atoms with Gasteiger partial charge in [-0.15, -0.1) is 0 Å². The van der Waals surface area contributed by atoms with Gasteiger partial charge in [-0.1, -0.05) is 24.6 Å². The Morgan fingerprint density at radius 3 is 2.46 bits per heavy atom. The summed E-state index contributed by atoms with van der Waals surface area (Å²) in [7, 11) is 2.03. The SMILES string of the molecule is CN(C(=O)C1CC2CCCC(C1)C2N)C1CCCN(c2ccccc2)C1.